The number of hydrogen-bond acceptors (Lipinski definition) is 9. The van der Waals surface area contributed by atoms with Gasteiger partial charge in [-0.25, -0.2) is 4.79 Å². The van der Waals surface area contributed by atoms with Crippen molar-refractivity contribution in [2.75, 3.05) is 26.9 Å². The predicted octanol–water partition coefficient (Wildman–Crippen LogP) is 0.927. The van der Waals surface area contributed by atoms with Gasteiger partial charge >= 0.3 is 5.97 Å². The lowest BCUT2D eigenvalue weighted by atomic mass is 9.97. The number of methoxy groups -OCH3 is 1. The van der Waals surface area contributed by atoms with Crippen LogP contribution in [-0.2, 0) is 25.7 Å². The topological polar surface area (TPSA) is 123 Å². The minimum absolute atomic E-state index is 0.156. The summed E-state index contributed by atoms with van der Waals surface area (Å²) in [6, 6.07) is 3.11. The number of esters is 1. The van der Waals surface area contributed by atoms with E-state index in [1.54, 1.807) is 19.1 Å². The predicted molar refractivity (Wildman–Crippen MR) is 81.0 cm³/mol. The summed E-state index contributed by atoms with van der Waals surface area (Å²) in [5, 5.41) is 8.98. The zero-order valence-corrected chi connectivity index (χ0v) is 13.7. The smallest absolute Gasteiger partial charge is 0.344 e. The molecule has 25 heavy (non-hydrogen) atoms. The molecule has 1 aromatic carbocycles. The molecule has 0 saturated carbocycles. The number of carbonyl (C=O) groups is 2. The number of nitrogens with zero attached hydrogens (tertiary/aromatic N) is 1. The third kappa shape index (κ3) is 4.80. The lowest BCUT2D eigenvalue weighted by molar-refractivity contribution is -0.757. The van der Waals surface area contributed by atoms with Crippen LogP contribution in [0.1, 0.15) is 22.8 Å². The molecule has 0 bridgehead atoms. The minimum atomic E-state index is -0.980. The molecule has 0 radical (unpaired) electrons. The van der Waals surface area contributed by atoms with Crippen LogP contribution in [0.15, 0.2) is 12.1 Å². The maximum atomic E-state index is 12.1. The van der Waals surface area contributed by atoms with Crippen LogP contribution in [0.5, 0.6) is 11.5 Å². The van der Waals surface area contributed by atoms with Gasteiger partial charge in [0.05, 0.1) is 13.7 Å². The molecule has 0 aromatic heterocycles. The van der Waals surface area contributed by atoms with Crippen molar-refractivity contribution in [2.45, 2.75) is 19.6 Å². The highest BCUT2D eigenvalue weighted by atomic mass is 17.0. The molecule has 10 heteroatoms. The minimum Gasteiger partial charge on any atom is -0.493 e. The Labute approximate surface area is 142 Å². The van der Waals surface area contributed by atoms with Crippen LogP contribution in [0.3, 0.4) is 0 Å². The number of benzene rings is 1. The van der Waals surface area contributed by atoms with Gasteiger partial charge in [0.15, 0.2) is 23.9 Å². The van der Waals surface area contributed by atoms with Gasteiger partial charge in [-0.3, -0.25) is 4.79 Å². The van der Waals surface area contributed by atoms with Crippen LogP contribution >= 0.6 is 0 Å². The Balaban J connectivity index is 1.96. The average molecular weight is 355 g/mol. The van der Waals surface area contributed by atoms with Gasteiger partial charge in [0, 0.05) is 5.56 Å². The van der Waals surface area contributed by atoms with E-state index in [1.165, 1.54) is 7.11 Å². The first-order valence-electron chi connectivity index (χ1n) is 7.34. The van der Waals surface area contributed by atoms with Crippen LogP contribution in [0.2, 0.25) is 0 Å². The van der Waals surface area contributed by atoms with Gasteiger partial charge in [-0.15, -0.1) is 10.1 Å². The molecule has 0 amide bonds. The zero-order valence-electron chi connectivity index (χ0n) is 13.7. The summed E-state index contributed by atoms with van der Waals surface area (Å²) in [5.74, 6) is -0.333. The Morgan fingerprint density at radius 1 is 1.36 bits per heavy atom. The van der Waals surface area contributed by atoms with Crippen molar-refractivity contribution < 1.29 is 38.5 Å². The number of fused-ring (bicyclic) bond motifs is 1. The van der Waals surface area contributed by atoms with Crippen molar-refractivity contribution in [2.24, 2.45) is 0 Å². The molecule has 1 atom stereocenters. The average Bonchev–Trinajstić information content (AvgIpc) is 2.59. The second-order valence-electron chi connectivity index (χ2n) is 5.04. The molecule has 1 aliphatic rings. The summed E-state index contributed by atoms with van der Waals surface area (Å²) in [7, 11) is 1.41. The van der Waals surface area contributed by atoms with E-state index in [2.05, 4.69) is 4.84 Å². The summed E-state index contributed by atoms with van der Waals surface area (Å²) < 4.78 is 20.6. The molecule has 0 saturated heterocycles. The number of carbonyl (C=O) groups excluding carboxylic acids is 2. The van der Waals surface area contributed by atoms with Crippen molar-refractivity contribution in [3.8, 4) is 11.5 Å². The van der Waals surface area contributed by atoms with E-state index in [0.29, 0.717) is 16.9 Å². The zero-order chi connectivity index (χ0) is 18.4. The molecule has 10 nitrogen and oxygen atoms in total. The maximum Gasteiger partial charge on any atom is 0.344 e. The number of Topliss-reactive ketones (excluding diaryl/α,β-unsaturated/α-hetero) is 1. The summed E-state index contributed by atoms with van der Waals surface area (Å²) in [4.78, 5) is 37.6. The molecule has 1 aromatic rings. The largest absolute Gasteiger partial charge is 0.493 e. The fourth-order valence-electron chi connectivity index (χ4n) is 2.18. The van der Waals surface area contributed by atoms with E-state index < -0.39 is 23.8 Å². The highest BCUT2D eigenvalue weighted by Crippen LogP contribution is 2.34. The normalized spacial score (nSPS) is 15.9. The quantitative estimate of drug-likeness (QED) is 0.290. The standard InChI is InChI=1S/C15H17NO9/c1-9-15(18)11-6-12(21-2)13(5-10(11)7-23-9)24-8-14(17)22-3-4-25-16(19)20/h5-6,9H,3-4,7-8H2,1-2H3. The Morgan fingerprint density at radius 3 is 2.80 bits per heavy atom. The molecular formula is C15H17NO9. The van der Waals surface area contributed by atoms with Crippen molar-refractivity contribution in [3.05, 3.63) is 33.4 Å². The summed E-state index contributed by atoms with van der Waals surface area (Å²) in [6.07, 6.45) is -0.527. The first-order chi connectivity index (χ1) is 11.9. The van der Waals surface area contributed by atoms with Gasteiger partial charge in [0.25, 0.3) is 5.09 Å². The summed E-state index contributed by atoms with van der Waals surface area (Å²) in [5.41, 5.74) is 1.12. The van der Waals surface area contributed by atoms with Crippen LogP contribution < -0.4 is 9.47 Å². The Morgan fingerprint density at radius 2 is 2.12 bits per heavy atom. The number of hydrogen-bond donors (Lipinski definition) is 0. The van der Waals surface area contributed by atoms with Gasteiger partial charge < -0.3 is 23.8 Å². The maximum absolute atomic E-state index is 12.1. The summed E-state index contributed by atoms with van der Waals surface area (Å²) >= 11 is 0. The van der Waals surface area contributed by atoms with E-state index in [1.807, 2.05) is 0 Å². The van der Waals surface area contributed by atoms with Crippen molar-refractivity contribution in [1.29, 1.82) is 0 Å². The van der Waals surface area contributed by atoms with E-state index in [9.17, 15) is 19.7 Å². The highest BCUT2D eigenvalue weighted by Gasteiger charge is 2.27. The third-order valence-electron chi connectivity index (χ3n) is 3.40. The molecule has 0 N–H and O–H groups in total. The third-order valence-corrected chi connectivity index (χ3v) is 3.40. The van der Waals surface area contributed by atoms with Crippen LogP contribution in [-0.4, -0.2) is 49.9 Å². The molecule has 0 aliphatic carbocycles. The molecule has 1 aliphatic heterocycles. The second-order valence-corrected chi connectivity index (χ2v) is 5.04. The molecule has 1 unspecified atom stereocenters. The van der Waals surface area contributed by atoms with E-state index in [-0.39, 0.29) is 31.4 Å². The molecular weight excluding hydrogens is 338 g/mol. The van der Waals surface area contributed by atoms with E-state index in [0.717, 1.165) is 0 Å². The number of ketones is 1. The molecule has 0 fully saturated rings. The molecule has 1 heterocycles. The molecule has 2 rings (SSSR count). The van der Waals surface area contributed by atoms with Crippen LogP contribution in [0, 0.1) is 10.1 Å². The first-order valence-corrected chi connectivity index (χ1v) is 7.34. The first kappa shape index (κ1) is 18.5. The highest BCUT2D eigenvalue weighted by molar-refractivity contribution is 6.01. The van der Waals surface area contributed by atoms with E-state index in [4.69, 9.17) is 18.9 Å². The van der Waals surface area contributed by atoms with Gasteiger partial charge in [-0.05, 0) is 24.6 Å². The number of rotatable bonds is 8. The Bertz CT molecular complexity index is 673. The van der Waals surface area contributed by atoms with E-state index >= 15 is 0 Å². The van der Waals surface area contributed by atoms with Crippen LogP contribution in [0.25, 0.3) is 0 Å². The Kier molecular flexibility index (Phi) is 6.12. The van der Waals surface area contributed by atoms with Crippen molar-refractivity contribution >= 4 is 11.8 Å². The SMILES string of the molecule is COc1cc2c(cc1OCC(=O)OCCO[N+](=O)[O-])COC(C)C2=O. The van der Waals surface area contributed by atoms with Gasteiger partial charge in [0.2, 0.25) is 0 Å². The van der Waals surface area contributed by atoms with Crippen molar-refractivity contribution in [3.63, 3.8) is 0 Å². The second kappa shape index (κ2) is 8.29. The fraction of sp³-hybridized carbons (Fsp3) is 0.467. The van der Waals surface area contributed by atoms with Gasteiger partial charge in [-0.2, -0.15) is 0 Å². The fourth-order valence-corrected chi connectivity index (χ4v) is 2.18. The monoisotopic (exact) mass is 355 g/mol. The lowest BCUT2D eigenvalue weighted by Crippen LogP contribution is -2.27. The molecule has 136 valence electrons. The Hall–Kier alpha value is -2.88. The van der Waals surface area contributed by atoms with Gasteiger partial charge in [0.1, 0.15) is 19.3 Å². The van der Waals surface area contributed by atoms with Crippen molar-refractivity contribution in [1.82, 2.24) is 0 Å². The van der Waals surface area contributed by atoms with Gasteiger partial charge in [-0.1, -0.05) is 0 Å². The lowest BCUT2D eigenvalue weighted by Gasteiger charge is -2.22. The number of ether oxygens (including phenoxy) is 4. The molecule has 0 spiro atoms. The van der Waals surface area contributed by atoms with Crippen LogP contribution in [0.4, 0.5) is 0 Å². The summed E-state index contributed by atoms with van der Waals surface area (Å²) in [6.45, 7) is 0.841.